The molecule has 0 unspecified atom stereocenters. The van der Waals surface area contributed by atoms with Crippen LogP contribution in [0.4, 0.5) is 0 Å². The zero-order valence-corrected chi connectivity index (χ0v) is 15.7. The molecule has 0 aliphatic rings. The number of aromatic nitrogens is 1. The molecule has 0 bridgehead atoms. The summed E-state index contributed by atoms with van der Waals surface area (Å²) in [6.45, 7) is 7.94. The quantitative estimate of drug-likeness (QED) is 0.416. The van der Waals surface area contributed by atoms with Gasteiger partial charge in [-0.15, -0.1) is 17.9 Å². The summed E-state index contributed by atoms with van der Waals surface area (Å²) in [4.78, 5) is 36.4. The van der Waals surface area contributed by atoms with Gasteiger partial charge in [0.25, 0.3) is 5.91 Å². The standard InChI is InChI=1S/C19H22N2O4S/c1-4-9-21-13(2)11-15(14(21)3)16(22)12-25-18(23)7-8-20-19(24)17-6-5-10-26-17/h4-6,10-11H,1,7-9,12H2,2-3H3,(H,20,24). The van der Waals surface area contributed by atoms with Gasteiger partial charge in [-0.25, -0.2) is 0 Å². The Bertz CT molecular complexity index is 806. The highest BCUT2D eigenvalue weighted by Crippen LogP contribution is 2.16. The highest BCUT2D eigenvalue weighted by Gasteiger charge is 2.17. The summed E-state index contributed by atoms with van der Waals surface area (Å²) < 4.78 is 7.00. The number of hydrogen-bond donors (Lipinski definition) is 1. The van der Waals surface area contributed by atoms with Gasteiger partial charge >= 0.3 is 5.97 Å². The lowest BCUT2D eigenvalue weighted by Gasteiger charge is -2.07. The first-order chi connectivity index (χ1) is 12.4. The normalized spacial score (nSPS) is 10.4. The number of nitrogens with one attached hydrogen (secondary N) is 1. The fourth-order valence-corrected chi connectivity index (χ4v) is 3.20. The minimum atomic E-state index is -0.523. The van der Waals surface area contributed by atoms with Crippen LogP contribution < -0.4 is 5.32 Å². The van der Waals surface area contributed by atoms with E-state index in [4.69, 9.17) is 4.74 Å². The number of nitrogens with zero attached hydrogens (tertiary/aromatic N) is 1. The first kappa shape index (κ1) is 19.7. The van der Waals surface area contributed by atoms with Gasteiger partial charge in [0.1, 0.15) is 0 Å². The van der Waals surface area contributed by atoms with Crippen molar-refractivity contribution in [1.29, 1.82) is 0 Å². The van der Waals surface area contributed by atoms with E-state index in [2.05, 4.69) is 11.9 Å². The lowest BCUT2D eigenvalue weighted by molar-refractivity contribution is -0.142. The van der Waals surface area contributed by atoms with Crippen molar-refractivity contribution in [3.8, 4) is 0 Å². The summed E-state index contributed by atoms with van der Waals surface area (Å²) in [5.74, 6) is -0.993. The first-order valence-electron chi connectivity index (χ1n) is 8.22. The number of carbonyl (C=O) groups is 3. The first-order valence-corrected chi connectivity index (χ1v) is 9.10. The number of carbonyl (C=O) groups excluding carboxylic acids is 3. The monoisotopic (exact) mass is 374 g/mol. The lowest BCUT2D eigenvalue weighted by Crippen LogP contribution is -2.26. The van der Waals surface area contributed by atoms with Gasteiger partial charge in [0.15, 0.2) is 6.61 Å². The van der Waals surface area contributed by atoms with E-state index in [1.807, 2.05) is 18.4 Å². The SMILES string of the molecule is C=CCn1c(C)cc(C(=O)COC(=O)CCNC(=O)c2cccs2)c1C. The van der Waals surface area contributed by atoms with Crippen LogP contribution in [0.3, 0.4) is 0 Å². The third kappa shape index (κ3) is 4.92. The molecule has 0 saturated carbocycles. The number of ether oxygens (including phenoxy) is 1. The fourth-order valence-electron chi connectivity index (χ4n) is 2.56. The molecule has 0 saturated heterocycles. The third-order valence-corrected chi connectivity index (χ3v) is 4.78. The Balaban J connectivity index is 1.78. The molecule has 7 heteroatoms. The summed E-state index contributed by atoms with van der Waals surface area (Å²) in [7, 11) is 0. The van der Waals surface area contributed by atoms with Crippen molar-refractivity contribution in [3.05, 3.63) is 58.1 Å². The molecule has 1 N–H and O–H groups in total. The second-order valence-corrected chi connectivity index (χ2v) is 6.70. The maximum atomic E-state index is 12.3. The largest absolute Gasteiger partial charge is 0.457 e. The predicted molar refractivity (Wildman–Crippen MR) is 101 cm³/mol. The van der Waals surface area contributed by atoms with E-state index in [0.29, 0.717) is 17.0 Å². The molecule has 0 atom stereocenters. The fraction of sp³-hybridized carbons (Fsp3) is 0.316. The van der Waals surface area contributed by atoms with Crippen LogP contribution >= 0.6 is 11.3 Å². The van der Waals surface area contributed by atoms with E-state index in [9.17, 15) is 14.4 Å². The number of hydrogen-bond acceptors (Lipinski definition) is 5. The number of Topliss-reactive ketones (excluding diaryl/α,β-unsaturated/α-hetero) is 1. The molecule has 2 aromatic heterocycles. The van der Waals surface area contributed by atoms with E-state index in [0.717, 1.165) is 11.4 Å². The molecule has 2 rings (SSSR count). The van der Waals surface area contributed by atoms with E-state index in [1.165, 1.54) is 11.3 Å². The van der Waals surface area contributed by atoms with Crippen molar-refractivity contribution in [2.75, 3.05) is 13.2 Å². The molecule has 0 aliphatic carbocycles. The Morgan fingerprint density at radius 2 is 2.12 bits per heavy atom. The number of ketones is 1. The van der Waals surface area contributed by atoms with Crippen molar-refractivity contribution >= 4 is 29.0 Å². The van der Waals surface area contributed by atoms with Gasteiger partial charge in [0, 0.05) is 30.0 Å². The van der Waals surface area contributed by atoms with Crippen LogP contribution in [0.1, 0.15) is 37.8 Å². The zero-order chi connectivity index (χ0) is 19.1. The van der Waals surface area contributed by atoms with Gasteiger partial charge in [-0.3, -0.25) is 14.4 Å². The van der Waals surface area contributed by atoms with Crippen LogP contribution in [0, 0.1) is 13.8 Å². The molecule has 0 aromatic carbocycles. The lowest BCUT2D eigenvalue weighted by atomic mass is 10.1. The third-order valence-electron chi connectivity index (χ3n) is 3.91. The molecule has 0 fully saturated rings. The van der Waals surface area contributed by atoms with E-state index < -0.39 is 5.97 Å². The van der Waals surface area contributed by atoms with E-state index in [1.54, 1.807) is 29.7 Å². The minimum Gasteiger partial charge on any atom is -0.457 e. The molecule has 0 aliphatic heterocycles. The van der Waals surface area contributed by atoms with Crippen LogP contribution in [0.25, 0.3) is 0 Å². The summed E-state index contributed by atoms with van der Waals surface area (Å²) in [6.07, 6.45) is 1.78. The maximum Gasteiger partial charge on any atom is 0.308 e. The zero-order valence-electron chi connectivity index (χ0n) is 14.9. The molecule has 0 spiro atoms. The van der Waals surface area contributed by atoms with Crippen LogP contribution in [-0.2, 0) is 16.1 Å². The second-order valence-electron chi connectivity index (χ2n) is 5.75. The molecule has 2 aromatic rings. The van der Waals surface area contributed by atoms with E-state index >= 15 is 0 Å². The summed E-state index contributed by atoms with van der Waals surface area (Å²) >= 11 is 1.33. The number of amides is 1. The average molecular weight is 374 g/mol. The van der Waals surface area contributed by atoms with Crippen LogP contribution in [0.5, 0.6) is 0 Å². The molecule has 138 valence electrons. The Morgan fingerprint density at radius 3 is 2.77 bits per heavy atom. The Hall–Kier alpha value is -2.67. The average Bonchev–Trinajstić information content (AvgIpc) is 3.24. The van der Waals surface area contributed by atoms with Gasteiger partial charge < -0.3 is 14.6 Å². The number of thiophene rings is 1. The van der Waals surface area contributed by atoms with Crippen molar-refractivity contribution in [3.63, 3.8) is 0 Å². The highest BCUT2D eigenvalue weighted by atomic mass is 32.1. The van der Waals surface area contributed by atoms with Gasteiger partial charge in [-0.2, -0.15) is 0 Å². The number of rotatable bonds is 9. The van der Waals surface area contributed by atoms with Gasteiger partial charge in [-0.05, 0) is 31.4 Å². The predicted octanol–water partition coefficient (Wildman–Crippen LogP) is 2.90. The topological polar surface area (TPSA) is 77.4 Å². The maximum absolute atomic E-state index is 12.3. The van der Waals surface area contributed by atoms with Gasteiger partial charge in [-0.1, -0.05) is 12.1 Å². The molecule has 0 radical (unpaired) electrons. The Kier molecular flexibility index (Phi) is 6.91. The van der Waals surface area contributed by atoms with Crippen LogP contribution in [0.2, 0.25) is 0 Å². The van der Waals surface area contributed by atoms with Crippen LogP contribution in [0.15, 0.2) is 36.2 Å². The van der Waals surface area contributed by atoms with Crippen molar-refractivity contribution in [1.82, 2.24) is 9.88 Å². The molecule has 2 heterocycles. The summed E-state index contributed by atoms with van der Waals surface area (Å²) in [6, 6.07) is 5.28. The second kappa shape index (κ2) is 9.15. The molecular weight excluding hydrogens is 352 g/mol. The highest BCUT2D eigenvalue weighted by molar-refractivity contribution is 7.12. The van der Waals surface area contributed by atoms with Gasteiger partial charge in [0.05, 0.1) is 11.3 Å². The van der Waals surface area contributed by atoms with Crippen molar-refractivity contribution in [2.45, 2.75) is 26.8 Å². The minimum absolute atomic E-state index is 0.0138. The number of aryl methyl sites for hydroxylation is 1. The van der Waals surface area contributed by atoms with Crippen LogP contribution in [-0.4, -0.2) is 35.4 Å². The summed E-state index contributed by atoms with van der Waals surface area (Å²) in [5.41, 5.74) is 2.32. The smallest absolute Gasteiger partial charge is 0.308 e. The van der Waals surface area contributed by atoms with Crippen molar-refractivity contribution < 1.29 is 19.1 Å². The Morgan fingerprint density at radius 1 is 1.35 bits per heavy atom. The molecular formula is C19H22N2O4S. The molecule has 1 amide bonds. The van der Waals surface area contributed by atoms with Gasteiger partial charge in [0.2, 0.25) is 5.78 Å². The number of allylic oxidation sites excluding steroid dienone is 1. The van der Waals surface area contributed by atoms with Crippen molar-refractivity contribution in [2.24, 2.45) is 0 Å². The molecule has 26 heavy (non-hydrogen) atoms. The number of esters is 1. The van der Waals surface area contributed by atoms with E-state index in [-0.39, 0.29) is 31.3 Å². The molecule has 6 nitrogen and oxygen atoms in total. The Labute approximate surface area is 156 Å². The summed E-state index contributed by atoms with van der Waals surface area (Å²) in [5, 5.41) is 4.45.